The van der Waals surface area contributed by atoms with E-state index in [9.17, 15) is 5.11 Å². The van der Waals surface area contributed by atoms with Crippen LogP contribution in [0.3, 0.4) is 0 Å². The topological polar surface area (TPSA) is 93.7 Å². The van der Waals surface area contributed by atoms with Crippen LogP contribution in [0.4, 0.5) is 11.8 Å². The minimum absolute atomic E-state index is 0.160. The van der Waals surface area contributed by atoms with E-state index < -0.39 is 6.10 Å². The summed E-state index contributed by atoms with van der Waals surface area (Å²) in [6, 6.07) is 1.64. The molecule has 7 heteroatoms. The summed E-state index contributed by atoms with van der Waals surface area (Å²) in [4.78, 5) is 10.2. The zero-order valence-electron chi connectivity index (χ0n) is 11.0. The quantitative estimate of drug-likeness (QED) is 0.706. The number of aliphatic hydroxyl groups excluding tert-OH is 1. The van der Waals surface area contributed by atoms with Crippen LogP contribution in [0.15, 0.2) is 12.3 Å². The summed E-state index contributed by atoms with van der Waals surface area (Å²) in [5.41, 5.74) is 5.63. The number of rotatable bonds is 5. The van der Waals surface area contributed by atoms with Crippen molar-refractivity contribution in [3.63, 3.8) is 0 Å². The molecule has 2 heterocycles. The van der Waals surface area contributed by atoms with Crippen LogP contribution < -0.4 is 10.6 Å². The second-order valence-corrected chi connectivity index (χ2v) is 4.49. The van der Waals surface area contributed by atoms with Crippen LogP contribution in [-0.4, -0.2) is 60.7 Å². The van der Waals surface area contributed by atoms with Gasteiger partial charge in [-0.3, -0.25) is 0 Å². The summed E-state index contributed by atoms with van der Waals surface area (Å²) in [5.74, 6) is 0.979. The second kappa shape index (κ2) is 6.65. The van der Waals surface area contributed by atoms with Gasteiger partial charge in [-0.2, -0.15) is 4.98 Å². The molecule has 0 aromatic carbocycles. The lowest BCUT2D eigenvalue weighted by Gasteiger charge is -2.35. The first kappa shape index (κ1) is 14.0. The zero-order valence-corrected chi connectivity index (χ0v) is 11.0. The van der Waals surface area contributed by atoms with Crippen molar-refractivity contribution in [2.45, 2.75) is 18.6 Å². The first-order valence-corrected chi connectivity index (χ1v) is 6.33. The first-order valence-electron chi connectivity index (χ1n) is 6.33. The fraction of sp³-hybridized carbons (Fsp3) is 0.667. The fourth-order valence-electron chi connectivity index (χ4n) is 2.08. The van der Waals surface area contributed by atoms with Crippen LogP contribution in [0.1, 0.15) is 6.42 Å². The Morgan fingerprint density at radius 2 is 2.37 bits per heavy atom. The number of nitrogens with two attached hydrogens (primary N) is 1. The molecule has 1 aliphatic heterocycles. The molecule has 19 heavy (non-hydrogen) atoms. The van der Waals surface area contributed by atoms with Crippen LogP contribution in [-0.2, 0) is 9.47 Å². The number of aliphatic hydroxyl groups is 1. The van der Waals surface area contributed by atoms with E-state index >= 15 is 0 Å². The highest BCUT2D eigenvalue weighted by Gasteiger charge is 2.29. The maximum absolute atomic E-state index is 10.1. The molecule has 0 aliphatic carbocycles. The van der Waals surface area contributed by atoms with Crippen molar-refractivity contribution < 1.29 is 14.6 Å². The third-order valence-corrected chi connectivity index (χ3v) is 3.09. The van der Waals surface area contributed by atoms with Crippen LogP contribution in [0.5, 0.6) is 0 Å². The van der Waals surface area contributed by atoms with Crippen LogP contribution in [0.25, 0.3) is 0 Å². The number of hydrogen-bond acceptors (Lipinski definition) is 7. The molecule has 0 amide bonds. The van der Waals surface area contributed by atoms with Gasteiger partial charge in [-0.1, -0.05) is 0 Å². The molecule has 0 radical (unpaired) electrons. The molecule has 2 rings (SSSR count). The van der Waals surface area contributed by atoms with Gasteiger partial charge < -0.3 is 25.2 Å². The van der Waals surface area contributed by atoms with E-state index in [1.54, 1.807) is 19.4 Å². The second-order valence-electron chi connectivity index (χ2n) is 4.49. The minimum Gasteiger partial charge on any atom is -0.389 e. The van der Waals surface area contributed by atoms with Crippen LogP contribution >= 0.6 is 0 Å². The van der Waals surface area contributed by atoms with Crippen LogP contribution in [0, 0.1) is 0 Å². The lowest BCUT2D eigenvalue weighted by molar-refractivity contribution is -0.0593. The Morgan fingerprint density at radius 3 is 3.05 bits per heavy atom. The Bertz CT molecular complexity index is 404. The molecule has 7 nitrogen and oxygen atoms in total. The molecule has 0 saturated carbocycles. The Hall–Kier alpha value is -1.44. The van der Waals surface area contributed by atoms with Gasteiger partial charge in [-0.25, -0.2) is 4.98 Å². The summed E-state index contributed by atoms with van der Waals surface area (Å²) in [6.45, 7) is 2.21. The summed E-state index contributed by atoms with van der Waals surface area (Å²) in [7, 11) is 1.62. The highest BCUT2D eigenvalue weighted by Crippen LogP contribution is 2.19. The van der Waals surface area contributed by atoms with E-state index in [1.165, 1.54) is 0 Å². The fourth-order valence-corrected chi connectivity index (χ4v) is 2.08. The van der Waals surface area contributed by atoms with Gasteiger partial charge in [0.1, 0.15) is 5.82 Å². The average molecular weight is 268 g/mol. The van der Waals surface area contributed by atoms with Gasteiger partial charge in [-0.05, 0) is 12.5 Å². The molecule has 1 aromatic rings. The van der Waals surface area contributed by atoms with E-state index in [4.69, 9.17) is 15.2 Å². The molecular formula is C12H20N4O3. The van der Waals surface area contributed by atoms with Crippen molar-refractivity contribution in [2.75, 3.05) is 44.0 Å². The number of hydrogen-bond donors (Lipinski definition) is 2. The van der Waals surface area contributed by atoms with Crippen molar-refractivity contribution in [3.05, 3.63) is 12.3 Å². The van der Waals surface area contributed by atoms with E-state index in [2.05, 4.69) is 9.97 Å². The third-order valence-electron chi connectivity index (χ3n) is 3.09. The molecule has 106 valence electrons. The van der Waals surface area contributed by atoms with Crippen molar-refractivity contribution in [1.29, 1.82) is 0 Å². The number of nitrogens with zero attached hydrogens (tertiary/aromatic N) is 3. The van der Waals surface area contributed by atoms with Crippen molar-refractivity contribution in [2.24, 2.45) is 0 Å². The molecule has 2 atom stereocenters. The molecule has 1 fully saturated rings. The predicted molar refractivity (Wildman–Crippen MR) is 70.9 cm³/mol. The lowest BCUT2D eigenvalue weighted by atomic mass is 10.1. The maximum Gasteiger partial charge on any atom is 0.227 e. The van der Waals surface area contributed by atoms with E-state index in [0.29, 0.717) is 31.5 Å². The molecular weight excluding hydrogens is 248 g/mol. The lowest BCUT2D eigenvalue weighted by Crippen LogP contribution is -2.48. The first-order chi connectivity index (χ1) is 9.20. The van der Waals surface area contributed by atoms with Gasteiger partial charge in [-0.15, -0.1) is 0 Å². The van der Waals surface area contributed by atoms with Gasteiger partial charge >= 0.3 is 0 Å². The molecule has 1 saturated heterocycles. The summed E-state index contributed by atoms with van der Waals surface area (Å²) in [5, 5.41) is 10.1. The molecule has 1 aromatic heterocycles. The number of methoxy groups -OCH3 is 1. The summed E-state index contributed by atoms with van der Waals surface area (Å²) < 4.78 is 10.5. The largest absolute Gasteiger partial charge is 0.389 e. The van der Waals surface area contributed by atoms with Gasteiger partial charge in [0.25, 0.3) is 0 Å². The third kappa shape index (κ3) is 3.76. The van der Waals surface area contributed by atoms with Gasteiger partial charge in [0.15, 0.2) is 0 Å². The molecule has 1 aliphatic rings. The van der Waals surface area contributed by atoms with Crippen molar-refractivity contribution in [3.8, 4) is 0 Å². The predicted octanol–water partition coefficient (Wildman–Crippen LogP) is -0.339. The highest BCUT2D eigenvalue weighted by molar-refractivity contribution is 5.38. The smallest absolute Gasteiger partial charge is 0.227 e. The standard InChI is InChI=1S/C12H20N4O3/c1-18-6-7-19-10-3-5-16(8-9(10)17)12-14-4-2-11(13)15-12/h2,4,9-10,17H,3,5-8H2,1H3,(H2,13,14,15). The Morgan fingerprint density at radius 1 is 1.53 bits per heavy atom. The van der Waals surface area contributed by atoms with Gasteiger partial charge in [0.05, 0.1) is 25.4 Å². The maximum atomic E-state index is 10.1. The number of aromatic nitrogens is 2. The van der Waals surface area contributed by atoms with Crippen molar-refractivity contribution >= 4 is 11.8 Å². The molecule has 3 N–H and O–H groups in total. The van der Waals surface area contributed by atoms with E-state index in [-0.39, 0.29) is 6.10 Å². The van der Waals surface area contributed by atoms with Crippen molar-refractivity contribution in [1.82, 2.24) is 9.97 Å². The monoisotopic (exact) mass is 268 g/mol. The highest BCUT2D eigenvalue weighted by atomic mass is 16.5. The number of nitrogen functional groups attached to an aromatic ring is 1. The van der Waals surface area contributed by atoms with E-state index in [1.807, 2.05) is 4.90 Å². The number of ether oxygens (including phenoxy) is 2. The Balaban J connectivity index is 1.89. The zero-order chi connectivity index (χ0) is 13.7. The number of anilines is 2. The number of piperidine rings is 1. The van der Waals surface area contributed by atoms with Crippen LogP contribution in [0.2, 0.25) is 0 Å². The number of β-amino-alcohol motifs (C(OH)–C–C–N with tert-alkyl or cyclic N) is 1. The minimum atomic E-state index is -0.560. The molecule has 2 unspecified atom stereocenters. The normalized spacial score (nSPS) is 23.6. The van der Waals surface area contributed by atoms with E-state index in [0.717, 1.165) is 13.0 Å². The summed E-state index contributed by atoms with van der Waals surface area (Å²) in [6.07, 6.45) is 1.62. The Labute approximate surface area is 112 Å². The molecule has 0 spiro atoms. The summed E-state index contributed by atoms with van der Waals surface area (Å²) >= 11 is 0. The van der Waals surface area contributed by atoms with Gasteiger partial charge in [0.2, 0.25) is 5.95 Å². The average Bonchev–Trinajstić information content (AvgIpc) is 2.41. The Kier molecular flexibility index (Phi) is 4.89. The van der Waals surface area contributed by atoms with Gasteiger partial charge in [0, 0.05) is 26.4 Å². The SMILES string of the molecule is COCCOC1CCN(c2nccc(N)n2)CC1O. The molecule has 0 bridgehead atoms.